The molecule has 0 spiro atoms. The van der Waals surface area contributed by atoms with Gasteiger partial charge in [-0.1, -0.05) is 11.3 Å². The van der Waals surface area contributed by atoms with E-state index >= 15 is 0 Å². The maximum absolute atomic E-state index is 11.7. The van der Waals surface area contributed by atoms with Crippen LogP contribution in [-0.4, -0.2) is 33.1 Å². The molecule has 18 heavy (non-hydrogen) atoms. The van der Waals surface area contributed by atoms with E-state index in [1.807, 2.05) is 6.92 Å². The van der Waals surface area contributed by atoms with E-state index in [0.717, 1.165) is 5.69 Å². The summed E-state index contributed by atoms with van der Waals surface area (Å²) in [5.74, 6) is -0.267. The van der Waals surface area contributed by atoms with Gasteiger partial charge in [-0.15, -0.1) is 10.2 Å². The van der Waals surface area contributed by atoms with Gasteiger partial charge in [0, 0.05) is 13.2 Å². The predicted molar refractivity (Wildman–Crippen MR) is 67.4 cm³/mol. The second kappa shape index (κ2) is 5.50. The predicted octanol–water partition coefficient (Wildman–Crippen LogP) is 0.608. The quantitative estimate of drug-likeness (QED) is 0.840. The van der Waals surface area contributed by atoms with Gasteiger partial charge in [-0.3, -0.25) is 14.8 Å². The molecule has 2 aromatic rings. The van der Waals surface area contributed by atoms with Gasteiger partial charge in [-0.05, 0) is 6.92 Å². The number of anilines is 1. The minimum Gasteiger partial charge on any atom is -0.363 e. The first-order valence-electron chi connectivity index (χ1n) is 5.26. The first-order chi connectivity index (χ1) is 8.69. The van der Waals surface area contributed by atoms with Gasteiger partial charge in [0.2, 0.25) is 10.1 Å². The summed E-state index contributed by atoms with van der Waals surface area (Å²) in [7, 11) is 1.73. The van der Waals surface area contributed by atoms with E-state index in [1.165, 1.54) is 11.3 Å². The number of carbonyl (C=O) groups excluding carboxylic acids is 1. The number of rotatable bonds is 4. The number of carbonyl (C=O) groups is 1. The average molecular weight is 264 g/mol. The van der Waals surface area contributed by atoms with Crippen LogP contribution in [0.15, 0.2) is 12.4 Å². The molecular weight excluding hydrogens is 252 g/mol. The number of nitrogens with one attached hydrogen (secondary N) is 2. The standard InChI is InChI=1S/C10H12N6OS/c1-6-3-13-7(4-12-6)5-14-8(17)9-15-16-10(11-2)18-9/h3-4H,5H2,1-2H3,(H,11,16)(H,14,17). The van der Waals surface area contributed by atoms with Gasteiger partial charge < -0.3 is 10.6 Å². The molecule has 0 radical (unpaired) electrons. The second-order valence-corrected chi connectivity index (χ2v) is 4.47. The Morgan fingerprint density at radius 3 is 2.78 bits per heavy atom. The van der Waals surface area contributed by atoms with Crippen LogP contribution >= 0.6 is 11.3 Å². The molecule has 94 valence electrons. The molecule has 2 rings (SSSR count). The van der Waals surface area contributed by atoms with Gasteiger partial charge in [0.25, 0.3) is 5.91 Å². The minimum atomic E-state index is -0.267. The molecule has 0 aliphatic rings. The van der Waals surface area contributed by atoms with Gasteiger partial charge in [-0.2, -0.15) is 0 Å². The summed E-state index contributed by atoms with van der Waals surface area (Å²) in [5, 5.41) is 14.0. The molecule has 7 nitrogen and oxygen atoms in total. The summed E-state index contributed by atoms with van der Waals surface area (Å²) in [5.41, 5.74) is 1.54. The van der Waals surface area contributed by atoms with Gasteiger partial charge in [-0.25, -0.2) is 0 Å². The molecule has 1 amide bonds. The van der Waals surface area contributed by atoms with Crippen LogP contribution in [0.2, 0.25) is 0 Å². The van der Waals surface area contributed by atoms with Crippen molar-refractivity contribution in [3.05, 3.63) is 28.8 Å². The Balaban J connectivity index is 1.93. The van der Waals surface area contributed by atoms with Crippen molar-refractivity contribution in [1.29, 1.82) is 0 Å². The van der Waals surface area contributed by atoms with Crippen LogP contribution in [0, 0.1) is 6.92 Å². The number of amides is 1. The van der Waals surface area contributed by atoms with Gasteiger partial charge >= 0.3 is 0 Å². The highest BCUT2D eigenvalue weighted by Gasteiger charge is 2.11. The van der Waals surface area contributed by atoms with Crippen LogP contribution in [0.25, 0.3) is 0 Å². The van der Waals surface area contributed by atoms with Crippen LogP contribution in [0.1, 0.15) is 21.2 Å². The topological polar surface area (TPSA) is 92.7 Å². The van der Waals surface area contributed by atoms with Crippen molar-refractivity contribution < 1.29 is 4.79 Å². The largest absolute Gasteiger partial charge is 0.363 e. The molecule has 0 bridgehead atoms. The van der Waals surface area contributed by atoms with Crippen LogP contribution in [0.4, 0.5) is 5.13 Å². The van der Waals surface area contributed by atoms with E-state index in [1.54, 1.807) is 19.4 Å². The van der Waals surface area contributed by atoms with E-state index in [9.17, 15) is 4.79 Å². The highest BCUT2D eigenvalue weighted by Crippen LogP contribution is 2.13. The van der Waals surface area contributed by atoms with Gasteiger partial charge in [0.05, 0.1) is 24.1 Å². The first kappa shape index (κ1) is 12.4. The Kier molecular flexibility index (Phi) is 3.78. The molecule has 0 atom stereocenters. The van der Waals surface area contributed by atoms with Gasteiger partial charge in [0.15, 0.2) is 0 Å². The molecule has 2 N–H and O–H groups in total. The SMILES string of the molecule is CNc1nnc(C(=O)NCc2cnc(C)cn2)s1. The lowest BCUT2D eigenvalue weighted by Gasteiger charge is -2.01. The van der Waals surface area contributed by atoms with Gasteiger partial charge in [0.1, 0.15) is 0 Å². The molecule has 0 fully saturated rings. The maximum atomic E-state index is 11.7. The van der Waals surface area contributed by atoms with Crippen molar-refractivity contribution >= 4 is 22.4 Å². The van der Waals surface area contributed by atoms with E-state index in [2.05, 4.69) is 30.8 Å². The lowest BCUT2D eigenvalue weighted by molar-refractivity contribution is 0.0949. The monoisotopic (exact) mass is 264 g/mol. The van der Waals surface area contributed by atoms with Crippen molar-refractivity contribution in [2.24, 2.45) is 0 Å². The molecule has 8 heteroatoms. The molecule has 0 unspecified atom stereocenters. The number of nitrogens with zero attached hydrogens (tertiary/aromatic N) is 4. The third-order valence-corrected chi connectivity index (χ3v) is 3.04. The first-order valence-corrected chi connectivity index (χ1v) is 6.07. The third-order valence-electron chi connectivity index (χ3n) is 2.10. The fourth-order valence-corrected chi connectivity index (χ4v) is 1.79. The Hall–Kier alpha value is -2.09. The van der Waals surface area contributed by atoms with Crippen molar-refractivity contribution in [1.82, 2.24) is 25.5 Å². The van der Waals surface area contributed by atoms with E-state index < -0.39 is 0 Å². The Bertz CT molecular complexity index is 538. The number of hydrogen-bond donors (Lipinski definition) is 2. The molecule has 0 aliphatic heterocycles. The van der Waals surface area contributed by atoms with Crippen LogP contribution < -0.4 is 10.6 Å². The molecule has 0 aromatic carbocycles. The van der Waals surface area contributed by atoms with Crippen molar-refractivity contribution in [2.45, 2.75) is 13.5 Å². The van der Waals surface area contributed by atoms with Crippen molar-refractivity contribution in [2.75, 3.05) is 12.4 Å². The molecule has 2 aromatic heterocycles. The Morgan fingerprint density at radius 2 is 2.17 bits per heavy atom. The highest BCUT2D eigenvalue weighted by atomic mass is 32.1. The average Bonchev–Trinajstić information content (AvgIpc) is 2.86. The summed E-state index contributed by atoms with van der Waals surface area (Å²) in [6, 6.07) is 0. The zero-order valence-corrected chi connectivity index (χ0v) is 10.8. The lowest BCUT2D eigenvalue weighted by atomic mass is 10.4. The highest BCUT2D eigenvalue weighted by molar-refractivity contribution is 7.17. The van der Waals surface area contributed by atoms with E-state index in [0.29, 0.717) is 22.4 Å². The summed E-state index contributed by atoms with van der Waals surface area (Å²) >= 11 is 1.20. The fraction of sp³-hybridized carbons (Fsp3) is 0.300. The molecule has 0 saturated carbocycles. The van der Waals surface area contributed by atoms with E-state index in [-0.39, 0.29) is 5.91 Å². The summed E-state index contributed by atoms with van der Waals surface area (Å²) in [4.78, 5) is 20.0. The fourth-order valence-electron chi connectivity index (χ4n) is 1.17. The van der Waals surface area contributed by atoms with Crippen molar-refractivity contribution in [3.8, 4) is 0 Å². The molecule has 0 saturated heterocycles. The zero-order chi connectivity index (χ0) is 13.0. The molecule has 0 aliphatic carbocycles. The third kappa shape index (κ3) is 2.98. The zero-order valence-electron chi connectivity index (χ0n) is 9.97. The maximum Gasteiger partial charge on any atom is 0.282 e. The number of aryl methyl sites for hydroxylation is 1. The number of hydrogen-bond acceptors (Lipinski definition) is 7. The lowest BCUT2D eigenvalue weighted by Crippen LogP contribution is -2.23. The molecular formula is C10H12N6OS. The Morgan fingerprint density at radius 1 is 1.33 bits per heavy atom. The van der Waals surface area contributed by atoms with E-state index in [4.69, 9.17) is 0 Å². The minimum absolute atomic E-state index is 0.267. The smallest absolute Gasteiger partial charge is 0.282 e. The normalized spacial score (nSPS) is 10.1. The summed E-state index contributed by atoms with van der Waals surface area (Å²) < 4.78 is 0. The van der Waals surface area contributed by atoms with Crippen LogP contribution in [0.5, 0.6) is 0 Å². The second-order valence-electron chi connectivity index (χ2n) is 3.49. The Labute approximate surface area is 108 Å². The van der Waals surface area contributed by atoms with Crippen molar-refractivity contribution in [3.63, 3.8) is 0 Å². The summed E-state index contributed by atoms with van der Waals surface area (Å²) in [6.07, 6.45) is 3.29. The van der Waals surface area contributed by atoms with Crippen LogP contribution in [0.3, 0.4) is 0 Å². The van der Waals surface area contributed by atoms with Crippen LogP contribution in [-0.2, 0) is 6.54 Å². The number of aromatic nitrogens is 4. The molecule has 2 heterocycles. The summed E-state index contributed by atoms with van der Waals surface area (Å²) in [6.45, 7) is 2.18.